The van der Waals surface area contributed by atoms with Crippen LogP contribution in [-0.2, 0) is 23.4 Å². The van der Waals surface area contributed by atoms with Crippen LogP contribution in [0, 0.1) is 12.3 Å². The SMILES string of the molecule is C#C[C@]1(O)[C@H](n2ccc(=O)[nH]c2=O)O[C@@H]2C(OP(=O)(NCC(=O)OC(C)C)Oc3ccc(Cl)cc3)[C@@]21O. The van der Waals surface area contributed by atoms with Crippen LogP contribution in [0.25, 0.3) is 0 Å². The number of carbonyl (C=O) groups is 1. The number of aromatic amines is 1. The molecule has 0 bridgehead atoms. The van der Waals surface area contributed by atoms with Gasteiger partial charge in [0.2, 0.25) is 5.60 Å². The number of H-pyrrole nitrogens is 1. The summed E-state index contributed by atoms with van der Waals surface area (Å²) in [5, 5.41) is 25.2. The van der Waals surface area contributed by atoms with Crippen molar-refractivity contribution in [2.75, 3.05) is 6.54 Å². The summed E-state index contributed by atoms with van der Waals surface area (Å²) in [6.45, 7) is 2.66. The molecule has 1 saturated heterocycles. The van der Waals surface area contributed by atoms with Crippen molar-refractivity contribution in [3.8, 4) is 18.1 Å². The zero-order valence-electron chi connectivity index (χ0n) is 19.5. The van der Waals surface area contributed by atoms with Crippen molar-refractivity contribution in [3.05, 3.63) is 62.4 Å². The van der Waals surface area contributed by atoms with Crippen LogP contribution in [0.5, 0.6) is 5.75 Å². The van der Waals surface area contributed by atoms with Crippen molar-refractivity contribution in [1.82, 2.24) is 14.6 Å². The first-order chi connectivity index (χ1) is 17.3. The average molecular weight is 556 g/mol. The monoisotopic (exact) mass is 555 g/mol. The lowest BCUT2D eigenvalue weighted by Gasteiger charge is -2.32. The number of halogens is 1. The van der Waals surface area contributed by atoms with Gasteiger partial charge in [-0.15, -0.1) is 6.42 Å². The zero-order valence-corrected chi connectivity index (χ0v) is 21.1. The highest BCUT2D eigenvalue weighted by atomic mass is 35.5. The Morgan fingerprint density at radius 1 is 1.32 bits per heavy atom. The number of hydrogen-bond acceptors (Lipinski definition) is 10. The minimum Gasteiger partial charge on any atom is -0.462 e. The van der Waals surface area contributed by atoms with E-state index in [0.717, 1.165) is 16.8 Å². The summed E-state index contributed by atoms with van der Waals surface area (Å²) in [6, 6.07) is 6.70. The second-order valence-electron chi connectivity index (χ2n) is 8.60. The molecule has 37 heavy (non-hydrogen) atoms. The van der Waals surface area contributed by atoms with Gasteiger partial charge in [0.25, 0.3) is 5.56 Å². The molecule has 2 unspecified atom stereocenters. The third kappa shape index (κ3) is 4.97. The van der Waals surface area contributed by atoms with Gasteiger partial charge in [0.1, 0.15) is 24.5 Å². The van der Waals surface area contributed by atoms with Crippen LogP contribution >= 0.6 is 19.3 Å². The fourth-order valence-electron chi connectivity index (χ4n) is 3.90. The zero-order chi connectivity index (χ0) is 27.2. The van der Waals surface area contributed by atoms with E-state index in [-0.39, 0.29) is 5.75 Å². The number of nitrogens with zero attached hydrogens (tertiary/aromatic N) is 1. The fraction of sp³-hybridized carbons (Fsp3) is 0.409. The molecule has 2 fully saturated rings. The van der Waals surface area contributed by atoms with Crippen LogP contribution in [0.15, 0.2) is 46.1 Å². The Balaban J connectivity index is 1.59. The Labute approximate surface area is 214 Å². The first-order valence-corrected chi connectivity index (χ1v) is 12.8. The number of terminal acetylenes is 1. The highest BCUT2D eigenvalue weighted by Gasteiger charge is 2.85. The first kappa shape index (κ1) is 27.1. The van der Waals surface area contributed by atoms with E-state index in [1.165, 1.54) is 24.3 Å². The molecule has 6 atom stereocenters. The molecule has 1 aliphatic heterocycles. The van der Waals surface area contributed by atoms with E-state index in [9.17, 15) is 29.2 Å². The number of ether oxygens (including phenoxy) is 2. The Hall–Kier alpha value is -2.95. The summed E-state index contributed by atoms with van der Waals surface area (Å²) in [5.74, 6) is 1.30. The Bertz CT molecular complexity index is 1400. The maximum absolute atomic E-state index is 13.6. The molecule has 2 aliphatic rings. The molecule has 1 aromatic carbocycles. The van der Waals surface area contributed by atoms with Crippen molar-refractivity contribution in [2.24, 2.45) is 0 Å². The molecule has 198 valence electrons. The Morgan fingerprint density at radius 3 is 2.59 bits per heavy atom. The highest BCUT2D eigenvalue weighted by molar-refractivity contribution is 7.52. The summed E-state index contributed by atoms with van der Waals surface area (Å²) in [6.07, 6.45) is 1.64. The van der Waals surface area contributed by atoms with Gasteiger partial charge in [-0.05, 0) is 38.1 Å². The van der Waals surface area contributed by atoms with Gasteiger partial charge in [-0.3, -0.25) is 23.7 Å². The number of fused-ring (bicyclic) bond motifs is 1. The van der Waals surface area contributed by atoms with Crippen molar-refractivity contribution < 1.29 is 38.1 Å². The van der Waals surface area contributed by atoms with E-state index < -0.39 is 67.3 Å². The highest BCUT2D eigenvalue weighted by Crippen LogP contribution is 2.64. The molecule has 13 nitrogen and oxygen atoms in total. The summed E-state index contributed by atoms with van der Waals surface area (Å²) >= 11 is 5.87. The number of hydrogen-bond donors (Lipinski definition) is 4. The van der Waals surface area contributed by atoms with Crippen LogP contribution in [-0.4, -0.2) is 61.8 Å². The summed E-state index contributed by atoms with van der Waals surface area (Å²) in [7, 11) is -4.45. The smallest absolute Gasteiger partial charge is 0.459 e. The van der Waals surface area contributed by atoms with E-state index in [1.54, 1.807) is 13.8 Å². The van der Waals surface area contributed by atoms with Gasteiger partial charge in [-0.25, -0.2) is 14.4 Å². The fourth-order valence-corrected chi connectivity index (χ4v) is 5.50. The van der Waals surface area contributed by atoms with Crippen LogP contribution in [0.1, 0.15) is 20.1 Å². The van der Waals surface area contributed by atoms with E-state index in [4.69, 9.17) is 36.5 Å². The average Bonchev–Trinajstić information content (AvgIpc) is 3.30. The van der Waals surface area contributed by atoms with E-state index in [0.29, 0.717) is 5.02 Å². The summed E-state index contributed by atoms with van der Waals surface area (Å²) < 4.78 is 36.1. The minimum absolute atomic E-state index is 0.0426. The van der Waals surface area contributed by atoms with Crippen LogP contribution in [0.2, 0.25) is 5.02 Å². The van der Waals surface area contributed by atoms with Gasteiger partial charge >= 0.3 is 19.4 Å². The van der Waals surface area contributed by atoms with Gasteiger partial charge in [0.05, 0.1) is 6.10 Å². The number of esters is 1. The third-order valence-corrected chi connectivity index (χ3v) is 7.43. The van der Waals surface area contributed by atoms with Gasteiger partial charge in [0.15, 0.2) is 11.8 Å². The lowest BCUT2D eigenvalue weighted by Crippen LogP contribution is -2.52. The maximum Gasteiger partial charge on any atom is 0.459 e. The van der Waals surface area contributed by atoms with Crippen molar-refractivity contribution >= 4 is 25.3 Å². The predicted molar refractivity (Wildman–Crippen MR) is 128 cm³/mol. The van der Waals surface area contributed by atoms with Gasteiger partial charge < -0.3 is 24.2 Å². The number of aromatic nitrogens is 2. The normalized spacial score (nSPS) is 29.7. The molecular formula is C22H23ClN3O10P. The lowest BCUT2D eigenvalue weighted by molar-refractivity contribution is -0.146. The van der Waals surface area contributed by atoms with Gasteiger partial charge in [-0.2, -0.15) is 0 Å². The van der Waals surface area contributed by atoms with Crippen LogP contribution in [0.4, 0.5) is 0 Å². The Kier molecular flexibility index (Phi) is 7.13. The molecule has 15 heteroatoms. The van der Waals surface area contributed by atoms with Crippen LogP contribution in [0.3, 0.4) is 0 Å². The molecular weight excluding hydrogens is 533 g/mol. The van der Waals surface area contributed by atoms with Crippen molar-refractivity contribution in [1.29, 1.82) is 0 Å². The summed E-state index contributed by atoms with van der Waals surface area (Å²) in [4.78, 5) is 37.6. The number of benzene rings is 1. The first-order valence-electron chi connectivity index (χ1n) is 10.9. The van der Waals surface area contributed by atoms with Crippen molar-refractivity contribution in [3.63, 3.8) is 0 Å². The number of nitrogens with one attached hydrogen (secondary N) is 2. The second-order valence-corrected chi connectivity index (χ2v) is 10.7. The summed E-state index contributed by atoms with van der Waals surface area (Å²) in [5.41, 5.74) is -6.53. The van der Waals surface area contributed by atoms with Gasteiger partial charge in [-0.1, -0.05) is 17.5 Å². The molecule has 1 saturated carbocycles. The minimum atomic E-state index is -4.45. The second kappa shape index (κ2) is 9.74. The van der Waals surface area contributed by atoms with E-state index in [2.05, 4.69) is 5.09 Å². The lowest BCUT2D eigenvalue weighted by atomic mass is 9.94. The topological polar surface area (TPSA) is 178 Å². The molecule has 4 rings (SSSR count). The van der Waals surface area contributed by atoms with Crippen molar-refractivity contribution in [2.45, 2.75) is 49.6 Å². The molecule has 0 amide bonds. The molecule has 2 heterocycles. The molecule has 1 aromatic heterocycles. The largest absolute Gasteiger partial charge is 0.462 e. The number of aliphatic hydroxyl groups is 2. The molecule has 1 aliphatic carbocycles. The van der Waals surface area contributed by atoms with Crippen LogP contribution < -0.4 is 20.9 Å². The predicted octanol–water partition coefficient (Wildman–Crippen LogP) is 0.310. The Morgan fingerprint density at radius 2 is 2.00 bits per heavy atom. The van der Waals surface area contributed by atoms with E-state index in [1.807, 2.05) is 10.9 Å². The number of carbonyl (C=O) groups excluding carboxylic acids is 1. The quantitative estimate of drug-likeness (QED) is 0.190. The molecule has 0 radical (unpaired) electrons. The molecule has 2 aromatic rings. The van der Waals surface area contributed by atoms with E-state index >= 15 is 0 Å². The third-order valence-electron chi connectivity index (χ3n) is 5.68. The molecule has 4 N–H and O–H groups in total. The maximum atomic E-state index is 13.6. The standard InChI is InChI=1S/C22H23ClN3O10P/c1-4-21(30)19(26-10-9-15(27)25-20(26)29)34-17-18(22(17,21)31)36-37(32,24-11-16(28)33-12(2)3)35-14-7-5-13(23)6-8-14/h1,5-10,12,17-19,30-31H,11H2,2-3H3,(H,24,32)(H,25,27,29)/t17-,18?,19-,21+,22+,37?/m1/s1. The van der Waals surface area contributed by atoms with Gasteiger partial charge in [0, 0.05) is 17.3 Å². The number of rotatable bonds is 9. The molecule has 0 spiro atoms.